The molecule has 13 heavy (non-hydrogen) atoms. The molecule has 2 heteroatoms. The molecule has 0 radical (unpaired) electrons. The van der Waals surface area contributed by atoms with Crippen LogP contribution in [0, 0.1) is 5.92 Å². The van der Waals surface area contributed by atoms with E-state index in [4.69, 9.17) is 0 Å². The summed E-state index contributed by atoms with van der Waals surface area (Å²) in [4.78, 5) is 0. The van der Waals surface area contributed by atoms with Crippen molar-refractivity contribution in [1.29, 1.82) is 0 Å². The van der Waals surface area contributed by atoms with Crippen LogP contribution in [0.1, 0.15) is 39.5 Å². The van der Waals surface area contributed by atoms with Gasteiger partial charge in [-0.1, -0.05) is 13.8 Å². The normalized spacial score (nSPS) is 21.7. The van der Waals surface area contributed by atoms with E-state index in [-0.39, 0.29) is 0 Å². The Hall–Kier alpha value is 0.310. The van der Waals surface area contributed by atoms with E-state index in [0.29, 0.717) is 0 Å². The molecule has 1 N–H and O–H groups in total. The van der Waals surface area contributed by atoms with Crippen LogP contribution < -0.4 is 5.32 Å². The third-order valence-electron chi connectivity index (χ3n) is 2.94. The van der Waals surface area contributed by atoms with Gasteiger partial charge in [0.2, 0.25) is 0 Å². The largest absolute Gasteiger partial charge is 0.314 e. The molecule has 1 rings (SSSR count). The van der Waals surface area contributed by atoms with Crippen LogP contribution in [-0.2, 0) is 0 Å². The van der Waals surface area contributed by atoms with E-state index in [0.717, 1.165) is 18.5 Å². The zero-order valence-electron chi connectivity index (χ0n) is 9.01. The number of hydrogen-bond donors (Lipinski definition) is 1. The van der Waals surface area contributed by atoms with Crippen molar-refractivity contribution in [2.24, 2.45) is 5.92 Å². The highest BCUT2D eigenvalue weighted by atomic mass is 32.2. The zero-order valence-corrected chi connectivity index (χ0v) is 9.83. The first-order valence-corrected chi connectivity index (χ1v) is 6.83. The van der Waals surface area contributed by atoms with Gasteiger partial charge in [0.25, 0.3) is 0 Å². The summed E-state index contributed by atoms with van der Waals surface area (Å²) in [6, 6.07) is 0.776. The Morgan fingerprint density at radius 1 is 1.31 bits per heavy atom. The molecular weight excluding hydrogens is 178 g/mol. The molecule has 1 saturated heterocycles. The predicted molar refractivity (Wildman–Crippen MR) is 62.4 cm³/mol. The van der Waals surface area contributed by atoms with E-state index >= 15 is 0 Å². The predicted octanol–water partition coefficient (Wildman–Crippen LogP) is 2.91. The van der Waals surface area contributed by atoms with Gasteiger partial charge >= 0.3 is 0 Å². The van der Waals surface area contributed by atoms with E-state index in [9.17, 15) is 0 Å². The van der Waals surface area contributed by atoms with Gasteiger partial charge in [-0.2, -0.15) is 11.8 Å². The van der Waals surface area contributed by atoms with Crippen LogP contribution in [0.5, 0.6) is 0 Å². The standard InChI is InChI=1S/C11H23NS/c1-3-11(12-4-2)9-10-5-7-13-8-6-10/h10-12H,3-9H2,1-2H3. The molecule has 0 amide bonds. The Morgan fingerprint density at radius 3 is 2.54 bits per heavy atom. The Bertz CT molecular complexity index is 119. The second kappa shape index (κ2) is 6.72. The van der Waals surface area contributed by atoms with Crippen LogP contribution in [-0.4, -0.2) is 24.1 Å². The summed E-state index contributed by atoms with van der Waals surface area (Å²) in [5.74, 6) is 3.80. The molecule has 1 heterocycles. The molecular formula is C11H23NS. The lowest BCUT2D eigenvalue weighted by molar-refractivity contribution is 0.362. The fourth-order valence-corrected chi connectivity index (χ4v) is 3.27. The minimum atomic E-state index is 0.776. The lowest BCUT2D eigenvalue weighted by Crippen LogP contribution is -2.31. The highest BCUT2D eigenvalue weighted by Gasteiger charge is 2.17. The van der Waals surface area contributed by atoms with Crippen molar-refractivity contribution in [3.8, 4) is 0 Å². The van der Waals surface area contributed by atoms with Crippen LogP contribution in [0.4, 0.5) is 0 Å². The molecule has 1 nitrogen and oxygen atoms in total. The smallest absolute Gasteiger partial charge is 0.00669 e. The summed E-state index contributed by atoms with van der Waals surface area (Å²) < 4.78 is 0. The van der Waals surface area contributed by atoms with Gasteiger partial charge in [0.05, 0.1) is 0 Å². The van der Waals surface area contributed by atoms with Crippen LogP contribution in [0.3, 0.4) is 0 Å². The first kappa shape index (κ1) is 11.4. The third kappa shape index (κ3) is 4.37. The summed E-state index contributed by atoms with van der Waals surface area (Å²) in [6.07, 6.45) is 5.60. The zero-order chi connectivity index (χ0) is 9.52. The molecule has 0 bridgehead atoms. The summed E-state index contributed by atoms with van der Waals surface area (Å²) in [6.45, 7) is 5.63. The van der Waals surface area contributed by atoms with Crippen molar-refractivity contribution >= 4 is 11.8 Å². The Morgan fingerprint density at radius 2 is 2.00 bits per heavy atom. The maximum Gasteiger partial charge on any atom is 0.00669 e. The maximum atomic E-state index is 3.57. The van der Waals surface area contributed by atoms with Crippen LogP contribution >= 0.6 is 11.8 Å². The molecule has 0 spiro atoms. The minimum absolute atomic E-state index is 0.776. The highest BCUT2D eigenvalue weighted by molar-refractivity contribution is 7.99. The average Bonchev–Trinajstić information content (AvgIpc) is 2.19. The molecule has 0 aliphatic carbocycles. The fraction of sp³-hybridized carbons (Fsp3) is 1.00. The van der Waals surface area contributed by atoms with Gasteiger partial charge in [0.1, 0.15) is 0 Å². The van der Waals surface area contributed by atoms with Crippen molar-refractivity contribution < 1.29 is 0 Å². The Labute approximate surface area is 87.1 Å². The molecule has 0 aromatic heterocycles. The molecule has 0 aromatic carbocycles. The fourth-order valence-electron chi connectivity index (χ4n) is 2.07. The topological polar surface area (TPSA) is 12.0 Å². The van der Waals surface area contributed by atoms with Gasteiger partial charge in [0, 0.05) is 6.04 Å². The highest BCUT2D eigenvalue weighted by Crippen LogP contribution is 2.26. The van der Waals surface area contributed by atoms with Crippen molar-refractivity contribution in [2.75, 3.05) is 18.1 Å². The number of hydrogen-bond acceptors (Lipinski definition) is 2. The van der Waals surface area contributed by atoms with Gasteiger partial charge in [-0.3, -0.25) is 0 Å². The monoisotopic (exact) mass is 201 g/mol. The second-order valence-corrected chi connectivity index (χ2v) is 5.18. The van der Waals surface area contributed by atoms with Gasteiger partial charge in [-0.25, -0.2) is 0 Å². The summed E-state index contributed by atoms with van der Waals surface area (Å²) in [5.41, 5.74) is 0. The van der Waals surface area contributed by atoms with Crippen molar-refractivity contribution in [1.82, 2.24) is 5.32 Å². The summed E-state index contributed by atoms with van der Waals surface area (Å²) >= 11 is 2.13. The van der Waals surface area contributed by atoms with E-state index in [2.05, 4.69) is 30.9 Å². The van der Waals surface area contributed by atoms with Gasteiger partial charge < -0.3 is 5.32 Å². The van der Waals surface area contributed by atoms with Gasteiger partial charge in [-0.15, -0.1) is 0 Å². The average molecular weight is 201 g/mol. The van der Waals surface area contributed by atoms with Crippen LogP contribution in [0.15, 0.2) is 0 Å². The first-order valence-electron chi connectivity index (χ1n) is 5.68. The molecule has 1 atom stereocenters. The Balaban J connectivity index is 2.18. The maximum absolute atomic E-state index is 3.57. The SMILES string of the molecule is CCNC(CC)CC1CCSCC1. The number of rotatable bonds is 5. The molecule has 0 saturated carbocycles. The van der Waals surface area contributed by atoms with E-state index in [1.807, 2.05) is 0 Å². The second-order valence-electron chi connectivity index (χ2n) is 3.95. The van der Waals surface area contributed by atoms with E-state index in [1.165, 1.54) is 37.2 Å². The lowest BCUT2D eigenvalue weighted by Gasteiger charge is -2.26. The third-order valence-corrected chi connectivity index (χ3v) is 3.99. The van der Waals surface area contributed by atoms with Gasteiger partial charge in [0.15, 0.2) is 0 Å². The molecule has 1 unspecified atom stereocenters. The van der Waals surface area contributed by atoms with Gasteiger partial charge in [-0.05, 0) is 49.7 Å². The van der Waals surface area contributed by atoms with Crippen LogP contribution in [0.25, 0.3) is 0 Å². The Kier molecular flexibility index (Phi) is 5.88. The molecule has 1 aliphatic heterocycles. The molecule has 78 valence electrons. The van der Waals surface area contributed by atoms with Crippen molar-refractivity contribution in [2.45, 2.75) is 45.6 Å². The van der Waals surface area contributed by atoms with Crippen molar-refractivity contribution in [3.63, 3.8) is 0 Å². The lowest BCUT2D eigenvalue weighted by atomic mass is 9.93. The van der Waals surface area contributed by atoms with E-state index < -0.39 is 0 Å². The minimum Gasteiger partial charge on any atom is -0.314 e. The summed E-state index contributed by atoms with van der Waals surface area (Å²) in [5, 5.41) is 3.57. The van der Waals surface area contributed by atoms with E-state index in [1.54, 1.807) is 0 Å². The molecule has 0 aromatic rings. The van der Waals surface area contributed by atoms with Crippen molar-refractivity contribution in [3.05, 3.63) is 0 Å². The molecule has 1 fully saturated rings. The number of nitrogens with one attached hydrogen (secondary N) is 1. The van der Waals surface area contributed by atoms with Crippen LogP contribution in [0.2, 0.25) is 0 Å². The number of thioether (sulfide) groups is 1. The summed E-state index contributed by atoms with van der Waals surface area (Å²) in [7, 11) is 0. The molecule has 1 aliphatic rings. The quantitative estimate of drug-likeness (QED) is 0.734. The first-order chi connectivity index (χ1) is 6.36.